The highest BCUT2D eigenvalue weighted by atomic mass is 16.6. The second-order valence-corrected chi connectivity index (χ2v) is 3.41. The molecule has 2 aromatic rings. The zero-order valence-electron chi connectivity index (χ0n) is 9.00. The number of aromatic nitrogens is 1. The van der Waals surface area contributed by atoms with Crippen LogP contribution in [0.15, 0.2) is 41.1 Å². The highest BCUT2D eigenvalue weighted by Gasteiger charge is 2.04. The molecule has 0 radical (unpaired) electrons. The summed E-state index contributed by atoms with van der Waals surface area (Å²) in [6.45, 7) is 0.665. The van der Waals surface area contributed by atoms with Gasteiger partial charge in [0.15, 0.2) is 0 Å². The lowest BCUT2D eigenvalue weighted by Gasteiger charge is -2.03. The van der Waals surface area contributed by atoms with Crippen LogP contribution < -0.4 is 5.32 Å². The van der Waals surface area contributed by atoms with E-state index in [1.165, 1.54) is 12.3 Å². The number of anilines is 1. The molecule has 6 heteroatoms. The summed E-state index contributed by atoms with van der Waals surface area (Å²) in [5.41, 5.74) is -0.0124. The first kappa shape index (κ1) is 11.1. The van der Waals surface area contributed by atoms with Crippen LogP contribution in [0.3, 0.4) is 0 Å². The van der Waals surface area contributed by atoms with Crippen LogP contribution in [0.5, 0.6) is 0 Å². The van der Waals surface area contributed by atoms with E-state index in [9.17, 15) is 10.1 Å². The van der Waals surface area contributed by atoms with Crippen molar-refractivity contribution in [2.24, 2.45) is 0 Å². The Morgan fingerprint density at radius 3 is 2.88 bits per heavy atom. The van der Waals surface area contributed by atoms with Gasteiger partial charge in [0, 0.05) is 19.0 Å². The molecular weight excluding hydrogens is 222 g/mol. The number of nitrogens with one attached hydrogen (secondary N) is 1. The lowest BCUT2D eigenvalue weighted by molar-refractivity contribution is -0.385. The fraction of sp³-hybridized carbons (Fsp3) is 0.182. The maximum Gasteiger partial charge on any atom is 0.287 e. The van der Waals surface area contributed by atoms with Gasteiger partial charge in [-0.3, -0.25) is 10.1 Å². The van der Waals surface area contributed by atoms with Crippen LogP contribution in [0, 0.1) is 10.1 Å². The highest BCUT2D eigenvalue weighted by molar-refractivity contribution is 5.40. The SMILES string of the molecule is O=[N+]([O-])c1ccc(NCCc2ccco2)nc1. The van der Waals surface area contributed by atoms with Gasteiger partial charge in [-0.05, 0) is 18.2 Å². The van der Waals surface area contributed by atoms with E-state index in [0.29, 0.717) is 12.4 Å². The van der Waals surface area contributed by atoms with Crippen molar-refractivity contribution in [3.63, 3.8) is 0 Å². The third kappa shape index (κ3) is 3.04. The Bertz CT molecular complexity index is 479. The molecule has 2 heterocycles. The van der Waals surface area contributed by atoms with Gasteiger partial charge in [-0.15, -0.1) is 0 Å². The molecule has 0 atom stereocenters. The summed E-state index contributed by atoms with van der Waals surface area (Å²) in [5.74, 6) is 1.50. The van der Waals surface area contributed by atoms with E-state index < -0.39 is 4.92 Å². The monoisotopic (exact) mass is 233 g/mol. The Hall–Kier alpha value is -2.37. The quantitative estimate of drug-likeness (QED) is 0.632. The van der Waals surface area contributed by atoms with Crippen molar-refractivity contribution in [1.82, 2.24) is 4.98 Å². The molecule has 17 heavy (non-hydrogen) atoms. The molecule has 6 nitrogen and oxygen atoms in total. The molecule has 0 saturated carbocycles. The first-order valence-corrected chi connectivity index (χ1v) is 5.12. The fourth-order valence-electron chi connectivity index (χ4n) is 1.37. The zero-order valence-corrected chi connectivity index (χ0v) is 9.00. The van der Waals surface area contributed by atoms with Gasteiger partial charge < -0.3 is 9.73 Å². The van der Waals surface area contributed by atoms with Gasteiger partial charge in [-0.1, -0.05) is 0 Å². The molecule has 88 valence electrons. The van der Waals surface area contributed by atoms with Crippen LogP contribution in [-0.4, -0.2) is 16.5 Å². The molecule has 0 aliphatic rings. The van der Waals surface area contributed by atoms with Crippen molar-refractivity contribution in [2.45, 2.75) is 6.42 Å². The van der Waals surface area contributed by atoms with Crippen LogP contribution in [-0.2, 0) is 6.42 Å². The Kier molecular flexibility index (Phi) is 3.34. The standard InChI is InChI=1S/C11H11N3O3/c15-14(16)9-3-4-11(13-8-9)12-6-5-10-2-1-7-17-10/h1-4,7-8H,5-6H2,(H,12,13). The van der Waals surface area contributed by atoms with Crippen molar-refractivity contribution in [1.29, 1.82) is 0 Å². The minimum atomic E-state index is -0.473. The van der Waals surface area contributed by atoms with Crippen LogP contribution in [0.1, 0.15) is 5.76 Å². The number of rotatable bonds is 5. The second kappa shape index (κ2) is 5.11. The summed E-state index contributed by atoms with van der Waals surface area (Å²) < 4.78 is 5.17. The summed E-state index contributed by atoms with van der Waals surface area (Å²) in [7, 11) is 0. The lowest BCUT2D eigenvalue weighted by atomic mass is 10.3. The second-order valence-electron chi connectivity index (χ2n) is 3.41. The molecule has 0 aliphatic carbocycles. The van der Waals surface area contributed by atoms with Gasteiger partial charge >= 0.3 is 0 Å². The molecule has 0 bridgehead atoms. The van der Waals surface area contributed by atoms with E-state index in [2.05, 4.69) is 10.3 Å². The van der Waals surface area contributed by atoms with E-state index in [0.717, 1.165) is 12.2 Å². The molecule has 0 fully saturated rings. The van der Waals surface area contributed by atoms with Gasteiger partial charge in [0.25, 0.3) is 5.69 Å². The molecule has 2 aromatic heterocycles. The first-order valence-electron chi connectivity index (χ1n) is 5.12. The molecule has 0 aromatic carbocycles. The fourth-order valence-corrected chi connectivity index (χ4v) is 1.37. The predicted octanol–water partition coefficient (Wildman–Crippen LogP) is 2.24. The summed E-state index contributed by atoms with van der Waals surface area (Å²) in [6.07, 6.45) is 3.60. The number of nitrogens with zero attached hydrogens (tertiary/aromatic N) is 2. The third-order valence-electron chi connectivity index (χ3n) is 2.22. The molecule has 0 amide bonds. The first-order chi connectivity index (χ1) is 8.25. The number of hydrogen-bond acceptors (Lipinski definition) is 5. The van der Waals surface area contributed by atoms with Gasteiger partial charge in [-0.25, -0.2) is 4.98 Å². The molecule has 0 spiro atoms. The molecule has 0 saturated heterocycles. The number of furan rings is 1. The van der Waals surface area contributed by atoms with Gasteiger partial charge in [0.1, 0.15) is 17.8 Å². The minimum absolute atomic E-state index is 0.0124. The Balaban J connectivity index is 1.85. The number of hydrogen-bond donors (Lipinski definition) is 1. The molecule has 0 unspecified atom stereocenters. The van der Waals surface area contributed by atoms with Gasteiger partial charge in [-0.2, -0.15) is 0 Å². The van der Waals surface area contributed by atoms with Crippen molar-refractivity contribution < 1.29 is 9.34 Å². The molecule has 2 rings (SSSR count). The van der Waals surface area contributed by atoms with Gasteiger partial charge in [0.2, 0.25) is 0 Å². The van der Waals surface area contributed by atoms with E-state index >= 15 is 0 Å². The maximum atomic E-state index is 10.4. The average molecular weight is 233 g/mol. The summed E-state index contributed by atoms with van der Waals surface area (Å²) in [6, 6.07) is 6.73. The maximum absolute atomic E-state index is 10.4. The van der Waals surface area contributed by atoms with Gasteiger partial charge in [0.05, 0.1) is 11.2 Å². The minimum Gasteiger partial charge on any atom is -0.469 e. The van der Waals surface area contributed by atoms with E-state index in [1.807, 2.05) is 12.1 Å². The smallest absolute Gasteiger partial charge is 0.287 e. The molecule has 1 N–H and O–H groups in total. The van der Waals surface area contributed by atoms with Crippen molar-refractivity contribution >= 4 is 11.5 Å². The third-order valence-corrected chi connectivity index (χ3v) is 2.22. The van der Waals surface area contributed by atoms with E-state index in [1.54, 1.807) is 12.3 Å². The van der Waals surface area contributed by atoms with Crippen LogP contribution in [0.25, 0.3) is 0 Å². The Morgan fingerprint density at radius 1 is 1.41 bits per heavy atom. The summed E-state index contributed by atoms with van der Waals surface area (Å²) in [5, 5.41) is 13.5. The normalized spacial score (nSPS) is 10.1. The van der Waals surface area contributed by atoms with Crippen LogP contribution in [0.2, 0.25) is 0 Å². The van der Waals surface area contributed by atoms with Crippen molar-refractivity contribution in [3.8, 4) is 0 Å². The Labute approximate surface area is 97.4 Å². The zero-order chi connectivity index (χ0) is 12.1. The van der Waals surface area contributed by atoms with Crippen molar-refractivity contribution in [2.75, 3.05) is 11.9 Å². The number of pyridine rings is 1. The highest BCUT2D eigenvalue weighted by Crippen LogP contribution is 2.11. The summed E-state index contributed by atoms with van der Waals surface area (Å²) >= 11 is 0. The Morgan fingerprint density at radius 2 is 2.29 bits per heavy atom. The van der Waals surface area contributed by atoms with Crippen LogP contribution >= 0.6 is 0 Å². The van der Waals surface area contributed by atoms with E-state index in [-0.39, 0.29) is 5.69 Å². The molecular formula is C11H11N3O3. The van der Waals surface area contributed by atoms with Crippen molar-refractivity contribution in [3.05, 3.63) is 52.6 Å². The van der Waals surface area contributed by atoms with E-state index in [4.69, 9.17) is 4.42 Å². The topological polar surface area (TPSA) is 81.2 Å². The lowest BCUT2D eigenvalue weighted by Crippen LogP contribution is -2.05. The average Bonchev–Trinajstić information content (AvgIpc) is 2.83. The predicted molar refractivity (Wildman–Crippen MR) is 61.8 cm³/mol. The number of nitro groups is 1. The summed E-state index contributed by atoms with van der Waals surface area (Å²) in [4.78, 5) is 13.9. The van der Waals surface area contributed by atoms with Crippen LogP contribution in [0.4, 0.5) is 11.5 Å². The largest absolute Gasteiger partial charge is 0.469 e. The molecule has 0 aliphatic heterocycles.